The van der Waals surface area contributed by atoms with Crippen LogP contribution in [0.2, 0.25) is 0 Å². The molecule has 0 aliphatic carbocycles. The summed E-state index contributed by atoms with van der Waals surface area (Å²) in [7, 11) is 0. The van der Waals surface area contributed by atoms with E-state index in [0.29, 0.717) is 0 Å². The number of hydrogen-bond acceptors (Lipinski definition) is 3. The predicted molar refractivity (Wildman–Crippen MR) is 94.8 cm³/mol. The maximum absolute atomic E-state index is 4.37. The van der Waals surface area contributed by atoms with Gasteiger partial charge in [0.2, 0.25) is 0 Å². The Balaban J connectivity index is 1.43. The second-order valence-electron chi connectivity index (χ2n) is 6.26. The summed E-state index contributed by atoms with van der Waals surface area (Å²) in [6.07, 6.45) is 3.94. The summed E-state index contributed by atoms with van der Waals surface area (Å²) in [5, 5.41) is 1.24. The van der Waals surface area contributed by atoms with Crippen molar-refractivity contribution in [2.24, 2.45) is 0 Å². The van der Waals surface area contributed by atoms with Crippen LogP contribution in [0, 0.1) is 6.92 Å². The molecule has 1 aliphatic heterocycles. The van der Waals surface area contributed by atoms with Crippen LogP contribution in [0.1, 0.15) is 11.1 Å². The molecule has 0 atom stereocenters. The van der Waals surface area contributed by atoms with E-state index in [1.165, 1.54) is 22.2 Å². The topological polar surface area (TPSA) is 35.2 Å². The fourth-order valence-electron chi connectivity index (χ4n) is 3.45. The lowest BCUT2D eigenvalue weighted by atomic mass is 10.1. The van der Waals surface area contributed by atoms with Gasteiger partial charge < -0.3 is 9.88 Å². The smallest absolute Gasteiger partial charge is 0.137 e. The number of hydrogen-bond donors (Lipinski definition) is 1. The van der Waals surface area contributed by atoms with E-state index in [0.717, 1.165) is 38.4 Å². The summed E-state index contributed by atoms with van der Waals surface area (Å²) < 4.78 is 0. The highest BCUT2D eigenvalue weighted by molar-refractivity contribution is 5.79. The monoisotopic (exact) mass is 306 g/mol. The molecule has 0 saturated carbocycles. The number of pyridine rings is 1. The maximum Gasteiger partial charge on any atom is 0.137 e. The molecule has 1 saturated heterocycles. The molecular formula is C19H22N4. The van der Waals surface area contributed by atoms with Crippen molar-refractivity contribution in [2.75, 3.05) is 31.1 Å². The Labute approximate surface area is 136 Å². The minimum Gasteiger partial charge on any atom is -0.369 e. The van der Waals surface area contributed by atoms with Crippen LogP contribution in [-0.4, -0.2) is 41.0 Å². The third-order valence-electron chi connectivity index (χ3n) is 4.76. The quantitative estimate of drug-likeness (QED) is 0.807. The number of nitrogens with zero attached hydrogens (tertiary/aromatic N) is 3. The number of aromatic amines is 1. The average molecular weight is 306 g/mol. The van der Waals surface area contributed by atoms with Crippen LogP contribution >= 0.6 is 0 Å². The summed E-state index contributed by atoms with van der Waals surface area (Å²) in [6.45, 7) is 7.56. The average Bonchev–Trinajstić information content (AvgIpc) is 2.99. The Bertz CT molecular complexity index is 800. The largest absolute Gasteiger partial charge is 0.369 e. The molecule has 2 aromatic heterocycles. The number of rotatable bonds is 3. The van der Waals surface area contributed by atoms with E-state index in [9.17, 15) is 0 Å². The molecule has 0 radical (unpaired) electrons. The Hall–Kier alpha value is -2.33. The first kappa shape index (κ1) is 14.3. The molecule has 1 N–H and O–H groups in total. The van der Waals surface area contributed by atoms with Crippen LogP contribution in [0.15, 0.2) is 48.8 Å². The third-order valence-corrected chi connectivity index (χ3v) is 4.76. The zero-order chi connectivity index (χ0) is 15.6. The first-order chi connectivity index (χ1) is 11.3. The summed E-state index contributed by atoms with van der Waals surface area (Å²) in [4.78, 5) is 12.7. The van der Waals surface area contributed by atoms with Gasteiger partial charge in [-0.1, -0.05) is 18.2 Å². The minimum atomic E-state index is 0.987. The number of aromatic nitrogens is 2. The molecule has 0 bridgehead atoms. The van der Waals surface area contributed by atoms with E-state index in [4.69, 9.17) is 0 Å². The van der Waals surface area contributed by atoms with Crippen molar-refractivity contribution in [2.45, 2.75) is 13.5 Å². The molecule has 118 valence electrons. The van der Waals surface area contributed by atoms with Gasteiger partial charge in [0.05, 0.1) is 0 Å². The van der Waals surface area contributed by atoms with E-state index in [-0.39, 0.29) is 0 Å². The Morgan fingerprint density at radius 1 is 1.04 bits per heavy atom. The van der Waals surface area contributed by atoms with Gasteiger partial charge in [-0.05, 0) is 36.2 Å². The second-order valence-corrected chi connectivity index (χ2v) is 6.26. The number of benzene rings is 1. The summed E-state index contributed by atoms with van der Waals surface area (Å²) >= 11 is 0. The van der Waals surface area contributed by atoms with Gasteiger partial charge in [0.15, 0.2) is 0 Å². The lowest BCUT2D eigenvalue weighted by molar-refractivity contribution is 0.250. The molecule has 23 heavy (non-hydrogen) atoms. The van der Waals surface area contributed by atoms with Crippen molar-refractivity contribution in [3.05, 3.63) is 59.9 Å². The van der Waals surface area contributed by atoms with Crippen molar-refractivity contribution in [3.63, 3.8) is 0 Å². The molecule has 4 heteroatoms. The minimum absolute atomic E-state index is 0.987. The number of para-hydroxylation sites is 1. The predicted octanol–water partition coefficient (Wildman–Crippen LogP) is 3.19. The van der Waals surface area contributed by atoms with E-state index >= 15 is 0 Å². The number of anilines is 1. The molecule has 1 fully saturated rings. The van der Waals surface area contributed by atoms with Crippen molar-refractivity contribution >= 4 is 16.7 Å². The van der Waals surface area contributed by atoms with E-state index in [1.807, 2.05) is 12.3 Å². The SMILES string of the molecule is Cc1ccccc1N1CCN(Cc2c[nH]c3ncccc23)CC1. The van der Waals surface area contributed by atoms with Gasteiger partial charge >= 0.3 is 0 Å². The number of piperazine rings is 1. The molecule has 4 nitrogen and oxygen atoms in total. The Morgan fingerprint density at radius 2 is 1.87 bits per heavy atom. The van der Waals surface area contributed by atoms with E-state index in [2.05, 4.69) is 63.2 Å². The van der Waals surface area contributed by atoms with Crippen molar-refractivity contribution in [3.8, 4) is 0 Å². The first-order valence-electron chi connectivity index (χ1n) is 8.25. The zero-order valence-corrected chi connectivity index (χ0v) is 13.5. The highest BCUT2D eigenvalue weighted by atomic mass is 15.3. The Morgan fingerprint density at radius 3 is 2.70 bits per heavy atom. The Kier molecular flexibility index (Phi) is 3.75. The molecule has 3 aromatic rings. The molecule has 0 spiro atoms. The van der Waals surface area contributed by atoms with Gasteiger partial charge in [-0.3, -0.25) is 4.90 Å². The molecule has 4 rings (SSSR count). The lowest BCUT2D eigenvalue weighted by Gasteiger charge is -2.36. The van der Waals surface area contributed by atoms with Crippen molar-refractivity contribution in [1.29, 1.82) is 0 Å². The van der Waals surface area contributed by atoms with Gasteiger partial charge in [-0.25, -0.2) is 4.98 Å². The number of aryl methyl sites for hydroxylation is 1. The van der Waals surface area contributed by atoms with Crippen molar-refractivity contribution < 1.29 is 0 Å². The molecule has 0 amide bonds. The molecular weight excluding hydrogens is 284 g/mol. The maximum atomic E-state index is 4.37. The fourth-order valence-corrected chi connectivity index (χ4v) is 3.45. The highest BCUT2D eigenvalue weighted by Crippen LogP contribution is 2.22. The highest BCUT2D eigenvalue weighted by Gasteiger charge is 2.19. The standard InChI is InChI=1S/C19H22N4/c1-15-5-2-3-7-18(15)23-11-9-22(10-12-23)14-16-13-21-19-17(16)6-4-8-20-19/h2-8,13H,9-12,14H2,1H3,(H,20,21). The normalized spacial score (nSPS) is 16.1. The number of fused-ring (bicyclic) bond motifs is 1. The van der Waals surface area contributed by atoms with E-state index < -0.39 is 0 Å². The summed E-state index contributed by atoms with van der Waals surface area (Å²) in [6, 6.07) is 12.8. The van der Waals surface area contributed by atoms with Crippen LogP contribution in [0.5, 0.6) is 0 Å². The molecule has 0 unspecified atom stereocenters. The summed E-state index contributed by atoms with van der Waals surface area (Å²) in [5.74, 6) is 0. The van der Waals surface area contributed by atoms with Gasteiger partial charge in [0.25, 0.3) is 0 Å². The number of nitrogens with one attached hydrogen (secondary N) is 1. The second kappa shape index (κ2) is 6.05. The van der Waals surface area contributed by atoms with Crippen molar-refractivity contribution in [1.82, 2.24) is 14.9 Å². The lowest BCUT2D eigenvalue weighted by Crippen LogP contribution is -2.46. The van der Waals surface area contributed by atoms with Gasteiger partial charge in [0, 0.05) is 56.2 Å². The third kappa shape index (κ3) is 2.82. The summed E-state index contributed by atoms with van der Waals surface area (Å²) in [5.41, 5.74) is 5.07. The van der Waals surface area contributed by atoms with Crippen LogP contribution in [-0.2, 0) is 6.54 Å². The van der Waals surface area contributed by atoms with Gasteiger partial charge in [-0.15, -0.1) is 0 Å². The van der Waals surface area contributed by atoms with Crippen LogP contribution in [0.4, 0.5) is 5.69 Å². The fraction of sp³-hybridized carbons (Fsp3) is 0.316. The van der Waals surface area contributed by atoms with Crippen LogP contribution in [0.3, 0.4) is 0 Å². The molecule has 1 aliphatic rings. The van der Waals surface area contributed by atoms with E-state index in [1.54, 1.807) is 0 Å². The van der Waals surface area contributed by atoms with Gasteiger partial charge in [-0.2, -0.15) is 0 Å². The molecule has 3 heterocycles. The molecule has 1 aromatic carbocycles. The zero-order valence-electron chi connectivity index (χ0n) is 13.5. The first-order valence-corrected chi connectivity index (χ1v) is 8.25. The van der Waals surface area contributed by atoms with Crippen LogP contribution < -0.4 is 4.90 Å². The van der Waals surface area contributed by atoms with Crippen LogP contribution in [0.25, 0.3) is 11.0 Å². The van der Waals surface area contributed by atoms with Gasteiger partial charge in [0.1, 0.15) is 5.65 Å². The number of H-pyrrole nitrogens is 1.